The van der Waals surface area contributed by atoms with Gasteiger partial charge in [-0.3, -0.25) is 9.79 Å². The predicted octanol–water partition coefficient (Wildman–Crippen LogP) is 7.35. The number of aliphatic hydroxyl groups excluding tert-OH is 1. The van der Waals surface area contributed by atoms with Crippen LogP contribution in [0.25, 0.3) is 54.9 Å². The zero-order valence-electron chi connectivity index (χ0n) is 32.0. The molecule has 0 atom stereocenters. The highest BCUT2D eigenvalue weighted by Crippen LogP contribution is 2.24. The highest BCUT2D eigenvalue weighted by Gasteiger charge is 2.13. The summed E-state index contributed by atoms with van der Waals surface area (Å²) in [5.74, 6) is -1.83. The molecule has 9 rings (SSSR count). The number of fused-ring (bicyclic) bond motifs is 4. The third-order valence-electron chi connectivity index (χ3n) is 8.52. The molecule has 59 heavy (non-hydrogen) atoms. The third kappa shape index (κ3) is 9.98. The lowest BCUT2D eigenvalue weighted by molar-refractivity contribution is -0.112. The summed E-state index contributed by atoms with van der Waals surface area (Å²) in [6.45, 7) is 4.11. The number of carboxylic acid groups (broad SMARTS) is 1. The van der Waals surface area contributed by atoms with E-state index in [2.05, 4.69) is 61.7 Å². The van der Waals surface area contributed by atoms with Gasteiger partial charge in [-0.1, -0.05) is 72.8 Å². The van der Waals surface area contributed by atoms with Gasteiger partial charge in [0.05, 0.1) is 41.4 Å². The molecule has 0 fully saturated rings. The Labute approximate surface area is 336 Å². The van der Waals surface area contributed by atoms with Gasteiger partial charge in [-0.2, -0.15) is 0 Å². The molecule has 0 radical (unpaired) electrons. The molecular weight excluding hydrogens is 751 g/mol. The van der Waals surface area contributed by atoms with Crippen molar-refractivity contribution in [2.75, 3.05) is 13.7 Å². The van der Waals surface area contributed by atoms with Crippen molar-refractivity contribution in [3.05, 3.63) is 157 Å². The minimum absolute atomic E-state index is 0.0469. The molecule has 0 unspecified atom stereocenters. The number of hydrogen-bond acceptors (Lipinski definition) is 14. The normalized spacial score (nSPS) is 11.9. The number of para-hydroxylation sites is 4. The summed E-state index contributed by atoms with van der Waals surface area (Å²) < 4.78 is 4.62. The minimum atomic E-state index is -1.03. The molecule has 15 nitrogen and oxygen atoms in total. The van der Waals surface area contributed by atoms with Gasteiger partial charge in [0.15, 0.2) is 17.2 Å². The molecule has 0 bridgehead atoms. The van der Waals surface area contributed by atoms with Crippen LogP contribution in [-0.2, 0) is 9.53 Å². The van der Waals surface area contributed by atoms with E-state index >= 15 is 0 Å². The molecule has 4 aromatic carbocycles. The van der Waals surface area contributed by atoms with E-state index in [9.17, 15) is 19.5 Å². The maximum absolute atomic E-state index is 11.3. The zero-order valence-corrected chi connectivity index (χ0v) is 32.0. The molecule has 2 N–H and O–H groups in total. The fourth-order valence-electron chi connectivity index (χ4n) is 5.87. The number of allylic oxidation sites excluding steroid dienone is 2. The van der Waals surface area contributed by atoms with Crippen molar-refractivity contribution in [1.29, 1.82) is 0 Å². The summed E-state index contributed by atoms with van der Waals surface area (Å²) in [5, 5.41) is 21.6. The SMILES string of the molecule is CC(=O)C=C(O)c1ncnc2ccccc12.CC1=NCC(c2ncnc3ccccc23)=C1.COC(=O)c1ncnc2ccccc12.O=C(O)c1ncnc2ccccc12. The lowest BCUT2D eigenvalue weighted by Gasteiger charge is -2.04. The number of aliphatic hydroxyl groups is 1. The Morgan fingerprint density at radius 1 is 0.576 bits per heavy atom. The van der Waals surface area contributed by atoms with Crippen LogP contribution in [0.4, 0.5) is 0 Å². The molecule has 0 saturated carbocycles. The van der Waals surface area contributed by atoms with Crippen LogP contribution in [-0.4, -0.2) is 87.2 Å². The van der Waals surface area contributed by atoms with Crippen LogP contribution in [0.1, 0.15) is 46.2 Å². The second-order valence-electron chi connectivity index (χ2n) is 12.5. The summed E-state index contributed by atoms with van der Waals surface area (Å²) in [6, 6.07) is 29.7. The quantitative estimate of drug-likeness (QED) is 0.0991. The number of aromatic nitrogens is 8. The molecule has 4 aromatic heterocycles. The highest BCUT2D eigenvalue weighted by atomic mass is 16.5. The summed E-state index contributed by atoms with van der Waals surface area (Å²) in [7, 11) is 1.33. The van der Waals surface area contributed by atoms with E-state index in [4.69, 9.17) is 5.11 Å². The molecule has 1 aliphatic heterocycles. The largest absolute Gasteiger partial charge is 0.506 e. The molecule has 0 amide bonds. The number of ether oxygens (including phenoxy) is 1. The first kappa shape index (κ1) is 40.5. The van der Waals surface area contributed by atoms with Crippen LogP contribution in [0, 0.1) is 0 Å². The Morgan fingerprint density at radius 3 is 1.47 bits per heavy atom. The van der Waals surface area contributed by atoms with Crippen LogP contribution < -0.4 is 0 Å². The number of nitrogens with zero attached hydrogens (tertiary/aromatic N) is 9. The number of ketones is 1. The molecule has 292 valence electrons. The Morgan fingerprint density at radius 2 is 1.00 bits per heavy atom. The maximum atomic E-state index is 11.3. The number of rotatable bonds is 5. The van der Waals surface area contributed by atoms with Crippen molar-refractivity contribution in [3.8, 4) is 0 Å². The molecular formula is C44H35N9O6. The van der Waals surface area contributed by atoms with Crippen molar-refractivity contribution in [2.24, 2.45) is 4.99 Å². The van der Waals surface area contributed by atoms with Gasteiger partial charge >= 0.3 is 11.9 Å². The molecule has 0 aliphatic carbocycles. The minimum Gasteiger partial charge on any atom is -0.506 e. The van der Waals surface area contributed by atoms with E-state index in [0.717, 1.165) is 51.3 Å². The lowest BCUT2D eigenvalue weighted by atomic mass is 10.1. The summed E-state index contributed by atoms with van der Waals surface area (Å²) in [4.78, 5) is 69.5. The Balaban J connectivity index is 0.000000133. The lowest BCUT2D eigenvalue weighted by Crippen LogP contribution is -2.05. The summed E-state index contributed by atoms with van der Waals surface area (Å²) in [5.41, 5.74) is 7.08. The maximum Gasteiger partial charge on any atom is 0.357 e. The van der Waals surface area contributed by atoms with Crippen molar-refractivity contribution < 1.29 is 29.3 Å². The number of carbonyl (C=O) groups excluding carboxylic acids is 2. The topological polar surface area (TPSA) is 216 Å². The van der Waals surface area contributed by atoms with E-state index in [1.54, 1.807) is 42.7 Å². The highest BCUT2D eigenvalue weighted by molar-refractivity contribution is 6.05. The molecule has 8 aromatic rings. The smallest absolute Gasteiger partial charge is 0.357 e. The van der Waals surface area contributed by atoms with E-state index < -0.39 is 11.9 Å². The molecule has 1 aliphatic rings. The average molecular weight is 786 g/mol. The number of hydrogen-bond donors (Lipinski definition) is 2. The van der Waals surface area contributed by atoms with Gasteiger partial charge in [0, 0.05) is 38.9 Å². The van der Waals surface area contributed by atoms with Crippen LogP contribution in [0.2, 0.25) is 0 Å². The van der Waals surface area contributed by atoms with E-state index in [-0.39, 0.29) is 17.2 Å². The van der Waals surface area contributed by atoms with Gasteiger partial charge in [-0.15, -0.1) is 0 Å². The predicted molar refractivity (Wildman–Crippen MR) is 224 cm³/mol. The van der Waals surface area contributed by atoms with E-state index in [1.165, 1.54) is 38.6 Å². The number of methoxy groups -OCH3 is 1. The first-order chi connectivity index (χ1) is 28.6. The zero-order chi connectivity index (χ0) is 41.7. The first-order valence-electron chi connectivity index (χ1n) is 17.9. The standard InChI is InChI=1S/C13H11N3.C12H10N2O2.C10H8N2O2.C9H6N2O2/c1-9-6-10(7-14-9)13-11-4-2-3-5-12(11)15-8-16-13;1-8(15)6-11(16)12-9-4-2-3-5-10(9)13-7-14-12;1-14-10(13)9-7-4-2-3-5-8(7)11-6-12-9;12-9(13)8-6-3-1-2-4-7(6)10-5-11-8/h2-6,8H,7H2,1H3;2-7,16H,1H3;2-6H,1H3;1-5H,(H,12,13). The average Bonchev–Trinajstić information content (AvgIpc) is 3.71. The van der Waals surface area contributed by atoms with Crippen LogP contribution in [0.15, 0.2) is 140 Å². The molecule has 0 spiro atoms. The van der Waals surface area contributed by atoms with Crippen LogP contribution in [0.5, 0.6) is 0 Å². The van der Waals surface area contributed by atoms with E-state index in [1.807, 2.05) is 61.5 Å². The number of aromatic carboxylic acids is 1. The number of benzene rings is 4. The number of carboxylic acids is 1. The van der Waals surface area contributed by atoms with Gasteiger partial charge in [0.2, 0.25) is 0 Å². The van der Waals surface area contributed by atoms with Crippen LogP contribution >= 0.6 is 0 Å². The van der Waals surface area contributed by atoms with Crippen molar-refractivity contribution >= 4 is 78.4 Å². The molecule has 0 saturated heterocycles. The Kier molecular flexibility index (Phi) is 13.1. The molecule has 5 heterocycles. The number of carbonyl (C=O) groups is 3. The van der Waals surface area contributed by atoms with Gasteiger partial charge < -0.3 is 14.9 Å². The van der Waals surface area contributed by atoms with Gasteiger partial charge in [0.1, 0.15) is 36.8 Å². The number of aliphatic imine (C=N–C) groups is 1. The first-order valence-corrected chi connectivity index (χ1v) is 17.9. The number of esters is 1. The summed E-state index contributed by atoms with van der Waals surface area (Å²) >= 11 is 0. The fraction of sp³-hybridized carbons (Fsp3) is 0.0909. The van der Waals surface area contributed by atoms with Crippen LogP contribution in [0.3, 0.4) is 0 Å². The van der Waals surface area contributed by atoms with Gasteiger partial charge in [0.25, 0.3) is 0 Å². The Hall–Kier alpha value is -8.20. The van der Waals surface area contributed by atoms with Gasteiger partial charge in [-0.25, -0.2) is 49.5 Å². The Bertz CT molecular complexity index is 2830. The van der Waals surface area contributed by atoms with Gasteiger partial charge in [-0.05, 0) is 44.2 Å². The molecule has 15 heteroatoms. The van der Waals surface area contributed by atoms with E-state index in [0.29, 0.717) is 27.7 Å². The summed E-state index contributed by atoms with van der Waals surface area (Å²) in [6.07, 6.45) is 8.83. The second kappa shape index (κ2) is 19.1. The second-order valence-corrected chi connectivity index (χ2v) is 12.5. The van der Waals surface area contributed by atoms with Crippen molar-refractivity contribution in [3.63, 3.8) is 0 Å². The fourth-order valence-corrected chi connectivity index (χ4v) is 5.87. The van der Waals surface area contributed by atoms with Crippen molar-refractivity contribution in [2.45, 2.75) is 13.8 Å². The van der Waals surface area contributed by atoms with Crippen molar-refractivity contribution in [1.82, 2.24) is 39.9 Å². The monoisotopic (exact) mass is 785 g/mol. The third-order valence-corrected chi connectivity index (χ3v) is 8.52.